The van der Waals surface area contributed by atoms with Crippen molar-refractivity contribution in [2.24, 2.45) is 0 Å². The van der Waals surface area contributed by atoms with Gasteiger partial charge in [0.15, 0.2) is 6.61 Å². The van der Waals surface area contributed by atoms with E-state index in [0.29, 0.717) is 6.07 Å². The van der Waals surface area contributed by atoms with Gasteiger partial charge in [-0.25, -0.2) is 4.79 Å². The summed E-state index contributed by atoms with van der Waals surface area (Å²) >= 11 is 0. The molecule has 0 aliphatic rings. The largest absolute Gasteiger partial charge is 0.474 e. The Morgan fingerprint density at radius 2 is 2.05 bits per heavy atom. The number of carbonyl (C=O) groups excluding carboxylic acids is 1. The summed E-state index contributed by atoms with van der Waals surface area (Å²) in [6.07, 6.45) is -4.84. The highest BCUT2D eigenvalue weighted by Crippen LogP contribution is 2.41. The number of carbonyl (C=O) groups is 1. The lowest BCUT2D eigenvalue weighted by Crippen LogP contribution is -2.17. The standard InChI is InChI=1S/C11H10F3NO5/c1-2-19-9(16)6-20-10-7(11(12,13)14)4-3-5-8(10)15(17)18/h3-5H,2,6H2,1H3. The van der Waals surface area contributed by atoms with E-state index in [4.69, 9.17) is 0 Å². The molecule has 0 aliphatic heterocycles. The molecule has 0 aliphatic carbocycles. The third-order valence-electron chi connectivity index (χ3n) is 2.14. The van der Waals surface area contributed by atoms with Crippen LogP contribution in [-0.2, 0) is 15.7 Å². The molecule has 0 atom stereocenters. The zero-order chi connectivity index (χ0) is 15.3. The number of nitrogens with zero attached hydrogens (tertiary/aromatic N) is 1. The number of esters is 1. The van der Waals surface area contributed by atoms with Gasteiger partial charge >= 0.3 is 17.8 Å². The van der Waals surface area contributed by atoms with Crippen molar-refractivity contribution < 1.29 is 32.4 Å². The van der Waals surface area contributed by atoms with E-state index in [9.17, 15) is 28.1 Å². The predicted octanol–water partition coefficient (Wildman–Crippen LogP) is 2.56. The minimum Gasteiger partial charge on any atom is -0.474 e. The number of rotatable bonds is 5. The number of hydrogen-bond acceptors (Lipinski definition) is 5. The minimum atomic E-state index is -4.84. The van der Waals surface area contributed by atoms with Gasteiger partial charge in [0.05, 0.1) is 11.5 Å². The van der Waals surface area contributed by atoms with Crippen molar-refractivity contribution in [2.75, 3.05) is 13.2 Å². The molecule has 20 heavy (non-hydrogen) atoms. The van der Waals surface area contributed by atoms with E-state index in [-0.39, 0.29) is 6.61 Å². The number of alkyl halides is 3. The minimum absolute atomic E-state index is 0.0191. The van der Waals surface area contributed by atoms with E-state index >= 15 is 0 Å². The maximum absolute atomic E-state index is 12.7. The second-order valence-electron chi connectivity index (χ2n) is 3.50. The van der Waals surface area contributed by atoms with Crippen LogP contribution in [0.2, 0.25) is 0 Å². The van der Waals surface area contributed by atoms with Crippen molar-refractivity contribution in [3.63, 3.8) is 0 Å². The van der Waals surface area contributed by atoms with Crippen LogP contribution in [0.15, 0.2) is 18.2 Å². The van der Waals surface area contributed by atoms with E-state index in [1.54, 1.807) is 0 Å². The highest BCUT2D eigenvalue weighted by molar-refractivity contribution is 5.71. The highest BCUT2D eigenvalue weighted by atomic mass is 19.4. The van der Waals surface area contributed by atoms with Crippen LogP contribution in [0.3, 0.4) is 0 Å². The van der Waals surface area contributed by atoms with Gasteiger partial charge in [-0.3, -0.25) is 10.1 Å². The van der Waals surface area contributed by atoms with Crippen molar-refractivity contribution in [3.8, 4) is 5.75 Å². The Hall–Kier alpha value is -2.32. The van der Waals surface area contributed by atoms with Crippen LogP contribution in [0.4, 0.5) is 18.9 Å². The highest BCUT2D eigenvalue weighted by Gasteiger charge is 2.38. The first-order valence-electron chi connectivity index (χ1n) is 5.40. The molecule has 1 aromatic rings. The number of nitro benzene ring substituents is 1. The summed E-state index contributed by atoms with van der Waals surface area (Å²) in [5.74, 6) is -1.92. The first-order valence-corrected chi connectivity index (χ1v) is 5.40. The lowest BCUT2D eigenvalue weighted by molar-refractivity contribution is -0.386. The third-order valence-corrected chi connectivity index (χ3v) is 2.14. The molecule has 0 fully saturated rings. The second-order valence-corrected chi connectivity index (χ2v) is 3.50. The quantitative estimate of drug-likeness (QED) is 0.473. The molecule has 6 nitrogen and oxygen atoms in total. The molecule has 0 radical (unpaired) electrons. The number of nitro groups is 1. The number of halogens is 3. The Kier molecular flexibility index (Phi) is 4.89. The average Bonchev–Trinajstić information content (AvgIpc) is 2.35. The summed E-state index contributed by atoms with van der Waals surface area (Å²) in [4.78, 5) is 20.8. The fourth-order valence-electron chi connectivity index (χ4n) is 1.38. The second kappa shape index (κ2) is 6.22. The third kappa shape index (κ3) is 3.84. The molecule has 0 amide bonds. The summed E-state index contributed by atoms with van der Waals surface area (Å²) in [5.41, 5.74) is -2.19. The molecule has 0 saturated heterocycles. The molecular formula is C11H10F3NO5. The van der Waals surface area contributed by atoms with Crippen LogP contribution < -0.4 is 4.74 Å². The molecular weight excluding hydrogens is 283 g/mol. The molecule has 9 heteroatoms. The van der Waals surface area contributed by atoms with Gasteiger partial charge in [-0.05, 0) is 13.0 Å². The molecule has 0 unspecified atom stereocenters. The smallest absolute Gasteiger partial charge is 0.420 e. The van der Waals surface area contributed by atoms with Crippen LogP contribution in [0.1, 0.15) is 12.5 Å². The number of ether oxygens (including phenoxy) is 2. The van der Waals surface area contributed by atoms with Gasteiger partial charge in [-0.1, -0.05) is 6.07 Å². The van der Waals surface area contributed by atoms with E-state index in [1.807, 2.05) is 0 Å². The van der Waals surface area contributed by atoms with Crippen molar-refractivity contribution in [3.05, 3.63) is 33.9 Å². The maximum Gasteiger partial charge on any atom is 0.420 e. The van der Waals surface area contributed by atoms with E-state index in [1.165, 1.54) is 6.92 Å². The van der Waals surface area contributed by atoms with Crippen LogP contribution in [-0.4, -0.2) is 24.1 Å². The molecule has 0 saturated carbocycles. The number of para-hydroxylation sites is 1. The SMILES string of the molecule is CCOC(=O)COc1c([N+](=O)[O-])cccc1C(F)(F)F. The van der Waals surface area contributed by atoms with Gasteiger partial charge in [0.2, 0.25) is 5.75 Å². The summed E-state index contributed by atoms with van der Waals surface area (Å²) in [6.45, 7) is 0.678. The maximum atomic E-state index is 12.7. The lowest BCUT2D eigenvalue weighted by atomic mass is 10.1. The van der Waals surface area contributed by atoms with E-state index in [0.717, 1.165) is 12.1 Å². The molecule has 0 heterocycles. The van der Waals surface area contributed by atoms with Crippen LogP contribution in [0.25, 0.3) is 0 Å². The van der Waals surface area contributed by atoms with E-state index < -0.39 is 40.7 Å². The van der Waals surface area contributed by atoms with Gasteiger partial charge in [-0.15, -0.1) is 0 Å². The topological polar surface area (TPSA) is 78.7 Å². The van der Waals surface area contributed by atoms with E-state index in [2.05, 4.69) is 9.47 Å². The predicted molar refractivity (Wildman–Crippen MR) is 60.2 cm³/mol. The lowest BCUT2D eigenvalue weighted by Gasteiger charge is -2.13. The summed E-state index contributed by atoms with van der Waals surface area (Å²) in [6, 6.07) is 2.38. The van der Waals surface area contributed by atoms with Crippen molar-refractivity contribution in [1.82, 2.24) is 0 Å². The molecule has 0 N–H and O–H groups in total. The Bertz CT molecular complexity index is 515. The van der Waals surface area contributed by atoms with Gasteiger partial charge < -0.3 is 9.47 Å². The molecule has 110 valence electrons. The molecule has 1 rings (SSSR count). The fourth-order valence-corrected chi connectivity index (χ4v) is 1.38. The normalized spacial score (nSPS) is 11.0. The zero-order valence-corrected chi connectivity index (χ0v) is 10.3. The summed E-state index contributed by atoms with van der Waals surface area (Å²) in [7, 11) is 0. The van der Waals surface area contributed by atoms with Gasteiger partial charge in [0.25, 0.3) is 0 Å². The average molecular weight is 293 g/mol. The summed E-state index contributed by atoms with van der Waals surface area (Å²) < 4.78 is 47.3. The van der Waals surface area contributed by atoms with Crippen molar-refractivity contribution in [1.29, 1.82) is 0 Å². The number of hydrogen-bond donors (Lipinski definition) is 0. The molecule has 0 spiro atoms. The Balaban J connectivity index is 3.13. The van der Waals surface area contributed by atoms with Crippen molar-refractivity contribution in [2.45, 2.75) is 13.1 Å². The first-order chi connectivity index (χ1) is 9.27. The Morgan fingerprint density at radius 3 is 2.55 bits per heavy atom. The van der Waals surface area contributed by atoms with Crippen LogP contribution in [0, 0.1) is 10.1 Å². The monoisotopic (exact) mass is 293 g/mol. The molecule has 0 aromatic heterocycles. The number of benzene rings is 1. The van der Waals surface area contributed by atoms with Gasteiger partial charge in [0, 0.05) is 6.07 Å². The Morgan fingerprint density at radius 1 is 1.40 bits per heavy atom. The van der Waals surface area contributed by atoms with Gasteiger partial charge in [0.1, 0.15) is 5.56 Å². The van der Waals surface area contributed by atoms with Gasteiger partial charge in [-0.2, -0.15) is 13.2 Å². The summed E-state index contributed by atoms with van der Waals surface area (Å²) in [5, 5.41) is 10.7. The molecule has 1 aromatic carbocycles. The first kappa shape index (κ1) is 15.7. The zero-order valence-electron chi connectivity index (χ0n) is 10.3. The van der Waals surface area contributed by atoms with Crippen LogP contribution in [0.5, 0.6) is 5.75 Å². The van der Waals surface area contributed by atoms with Crippen LogP contribution >= 0.6 is 0 Å². The molecule has 0 bridgehead atoms. The fraction of sp³-hybridized carbons (Fsp3) is 0.364. The van der Waals surface area contributed by atoms with Crippen molar-refractivity contribution >= 4 is 11.7 Å². The Labute approximate surface area is 111 Å².